The molecule has 0 fully saturated rings. The highest BCUT2D eigenvalue weighted by molar-refractivity contribution is 14.0. The fourth-order valence-electron chi connectivity index (χ4n) is 1.62. The smallest absolute Gasteiger partial charge is 0.193 e. The summed E-state index contributed by atoms with van der Waals surface area (Å²) in [5.41, 5.74) is 7.78. The lowest BCUT2D eigenvalue weighted by Gasteiger charge is -2.06. The van der Waals surface area contributed by atoms with Crippen molar-refractivity contribution in [3.8, 4) is 5.75 Å². The SMILES string of the molecule is COc1ccc(NC(N)=NCc2nc(C)c(C)s2)cc1.I. The Labute approximate surface area is 145 Å². The minimum Gasteiger partial charge on any atom is -0.497 e. The zero-order valence-corrected chi connectivity index (χ0v) is 15.4. The molecule has 1 aromatic carbocycles. The molecule has 0 aliphatic carbocycles. The molecule has 0 saturated carbocycles. The quantitative estimate of drug-likeness (QED) is 0.454. The average Bonchev–Trinajstić information content (AvgIpc) is 2.76. The van der Waals surface area contributed by atoms with Crippen LogP contribution in [0.25, 0.3) is 0 Å². The van der Waals surface area contributed by atoms with Gasteiger partial charge in [0.2, 0.25) is 0 Å². The van der Waals surface area contributed by atoms with Crippen molar-refractivity contribution in [2.24, 2.45) is 10.7 Å². The molecule has 0 spiro atoms. The van der Waals surface area contributed by atoms with Gasteiger partial charge in [-0.2, -0.15) is 0 Å². The van der Waals surface area contributed by atoms with Gasteiger partial charge in [-0.25, -0.2) is 9.98 Å². The van der Waals surface area contributed by atoms with Crippen LogP contribution in [0.4, 0.5) is 5.69 Å². The van der Waals surface area contributed by atoms with Crippen LogP contribution >= 0.6 is 35.3 Å². The molecule has 0 aliphatic rings. The minimum absolute atomic E-state index is 0. The Kier molecular flexibility index (Phi) is 6.90. The van der Waals surface area contributed by atoms with Crippen LogP contribution in [0.15, 0.2) is 29.3 Å². The Hall–Kier alpha value is -1.35. The van der Waals surface area contributed by atoms with Gasteiger partial charge in [-0.15, -0.1) is 35.3 Å². The lowest BCUT2D eigenvalue weighted by molar-refractivity contribution is 0.415. The van der Waals surface area contributed by atoms with Gasteiger partial charge in [-0.3, -0.25) is 0 Å². The van der Waals surface area contributed by atoms with E-state index in [0.29, 0.717) is 12.5 Å². The number of methoxy groups -OCH3 is 1. The van der Waals surface area contributed by atoms with E-state index in [4.69, 9.17) is 10.5 Å². The van der Waals surface area contributed by atoms with E-state index in [9.17, 15) is 0 Å². The van der Waals surface area contributed by atoms with Crippen molar-refractivity contribution in [2.75, 3.05) is 12.4 Å². The predicted octanol–water partition coefficient (Wildman–Crippen LogP) is 3.31. The minimum atomic E-state index is 0. The van der Waals surface area contributed by atoms with Gasteiger partial charge in [-0.05, 0) is 38.1 Å². The second-order valence-electron chi connectivity index (χ2n) is 4.30. The summed E-state index contributed by atoms with van der Waals surface area (Å²) in [6, 6.07) is 7.50. The van der Waals surface area contributed by atoms with Crippen LogP contribution < -0.4 is 15.8 Å². The zero-order valence-electron chi connectivity index (χ0n) is 12.2. The lowest BCUT2D eigenvalue weighted by Crippen LogP contribution is -2.22. The molecule has 0 unspecified atom stereocenters. The summed E-state index contributed by atoms with van der Waals surface area (Å²) < 4.78 is 5.10. The highest BCUT2D eigenvalue weighted by atomic mass is 127. The summed E-state index contributed by atoms with van der Waals surface area (Å²) in [7, 11) is 1.64. The number of aryl methyl sites for hydroxylation is 2. The van der Waals surface area contributed by atoms with Crippen molar-refractivity contribution in [3.05, 3.63) is 39.8 Å². The summed E-state index contributed by atoms with van der Waals surface area (Å²) in [5.74, 6) is 1.18. The van der Waals surface area contributed by atoms with E-state index in [-0.39, 0.29) is 24.0 Å². The molecule has 1 heterocycles. The molecular formula is C14H19IN4OS. The molecule has 5 nitrogen and oxygen atoms in total. The Balaban J connectivity index is 0.00000220. The molecule has 0 saturated heterocycles. The standard InChI is InChI=1S/C14H18N4OS.HI/c1-9-10(2)20-13(17-9)8-16-14(15)18-11-4-6-12(19-3)7-5-11;/h4-7H,8H2,1-3H3,(H3,15,16,18);1H. The fourth-order valence-corrected chi connectivity index (χ4v) is 2.48. The predicted molar refractivity (Wildman–Crippen MR) is 98.9 cm³/mol. The number of nitrogens with one attached hydrogen (secondary N) is 1. The van der Waals surface area contributed by atoms with Gasteiger partial charge < -0.3 is 15.8 Å². The van der Waals surface area contributed by atoms with Crippen molar-refractivity contribution < 1.29 is 4.74 Å². The Bertz CT molecular complexity index is 590. The zero-order chi connectivity index (χ0) is 14.5. The van der Waals surface area contributed by atoms with Gasteiger partial charge >= 0.3 is 0 Å². The summed E-state index contributed by atoms with van der Waals surface area (Å²) >= 11 is 1.65. The third-order valence-electron chi connectivity index (χ3n) is 2.82. The summed E-state index contributed by atoms with van der Waals surface area (Å²) in [4.78, 5) is 9.93. The van der Waals surface area contributed by atoms with E-state index in [1.807, 2.05) is 31.2 Å². The highest BCUT2D eigenvalue weighted by Crippen LogP contribution is 2.17. The monoisotopic (exact) mass is 418 g/mol. The maximum absolute atomic E-state index is 5.85. The number of benzene rings is 1. The number of hydrogen-bond acceptors (Lipinski definition) is 4. The van der Waals surface area contributed by atoms with Gasteiger partial charge in [0, 0.05) is 10.6 Å². The van der Waals surface area contributed by atoms with E-state index in [1.165, 1.54) is 4.88 Å². The van der Waals surface area contributed by atoms with E-state index in [2.05, 4.69) is 22.2 Å². The number of hydrogen-bond donors (Lipinski definition) is 2. The molecule has 0 bridgehead atoms. The second kappa shape index (κ2) is 8.18. The first-order chi connectivity index (χ1) is 9.58. The van der Waals surface area contributed by atoms with Crippen molar-refractivity contribution in [3.63, 3.8) is 0 Å². The molecule has 3 N–H and O–H groups in total. The Morgan fingerprint density at radius 1 is 1.33 bits per heavy atom. The third kappa shape index (κ3) is 5.16. The number of ether oxygens (including phenoxy) is 1. The molecule has 0 amide bonds. The van der Waals surface area contributed by atoms with E-state index in [1.54, 1.807) is 18.4 Å². The molecule has 2 rings (SSSR count). The number of anilines is 1. The molecule has 1 aromatic heterocycles. The van der Waals surface area contributed by atoms with Crippen molar-refractivity contribution in [2.45, 2.75) is 20.4 Å². The maximum Gasteiger partial charge on any atom is 0.193 e. The van der Waals surface area contributed by atoms with E-state index < -0.39 is 0 Å². The topological polar surface area (TPSA) is 72.5 Å². The first-order valence-corrected chi connectivity index (χ1v) is 7.04. The van der Waals surface area contributed by atoms with E-state index in [0.717, 1.165) is 22.1 Å². The first-order valence-electron chi connectivity index (χ1n) is 6.22. The third-order valence-corrected chi connectivity index (χ3v) is 3.88. The number of halogens is 1. The first kappa shape index (κ1) is 17.7. The molecule has 0 aliphatic heterocycles. The normalized spacial score (nSPS) is 10.9. The maximum atomic E-state index is 5.85. The van der Waals surface area contributed by atoms with Crippen LogP contribution in [-0.2, 0) is 6.54 Å². The van der Waals surface area contributed by atoms with Crippen LogP contribution in [0.5, 0.6) is 5.75 Å². The summed E-state index contributed by atoms with van der Waals surface area (Å²) in [6.07, 6.45) is 0. The number of aliphatic imine (C=N–C) groups is 1. The van der Waals surface area contributed by atoms with Crippen LogP contribution in [0, 0.1) is 13.8 Å². The van der Waals surface area contributed by atoms with E-state index >= 15 is 0 Å². The van der Waals surface area contributed by atoms with Crippen molar-refractivity contribution in [1.29, 1.82) is 0 Å². The molecule has 7 heteroatoms. The molecule has 114 valence electrons. The molecule has 2 aromatic rings. The molecule has 0 atom stereocenters. The van der Waals surface area contributed by atoms with Gasteiger partial charge in [0.15, 0.2) is 5.96 Å². The van der Waals surface area contributed by atoms with Crippen molar-refractivity contribution >= 4 is 47.0 Å². The average molecular weight is 418 g/mol. The van der Waals surface area contributed by atoms with Crippen molar-refractivity contribution in [1.82, 2.24) is 4.98 Å². The number of nitrogens with zero attached hydrogens (tertiary/aromatic N) is 2. The van der Waals surface area contributed by atoms with Gasteiger partial charge in [0.25, 0.3) is 0 Å². The Morgan fingerprint density at radius 2 is 2.00 bits per heavy atom. The highest BCUT2D eigenvalue weighted by Gasteiger charge is 2.03. The van der Waals surface area contributed by atoms with Gasteiger partial charge in [0.05, 0.1) is 19.3 Å². The van der Waals surface area contributed by atoms with Gasteiger partial charge in [-0.1, -0.05) is 0 Å². The number of thiazole rings is 1. The summed E-state index contributed by atoms with van der Waals surface area (Å²) in [5, 5.41) is 4.01. The largest absolute Gasteiger partial charge is 0.497 e. The van der Waals surface area contributed by atoms with Crippen LogP contribution in [-0.4, -0.2) is 18.1 Å². The lowest BCUT2D eigenvalue weighted by atomic mass is 10.3. The fraction of sp³-hybridized carbons (Fsp3) is 0.286. The van der Waals surface area contributed by atoms with Crippen LogP contribution in [0.2, 0.25) is 0 Å². The van der Waals surface area contributed by atoms with Gasteiger partial charge in [0.1, 0.15) is 10.8 Å². The Morgan fingerprint density at radius 3 is 2.52 bits per heavy atom. The molecule has 0 radical (unpaired) electrons. The number of aromatic nitrogens is 1. The summed E-state index contributed by atoms with van der Waals surface area (Å²) in [6.45, 7) is 4.55. The van der Waals surface area contributed by atoms with Crippen LogP contribution in [0.3, 0.4) is 0 Å². The number of nitrogens with two attached hydrogens (primary N) is 1. The number of rotatable bonds is 4. The van der Waals surface area contributed by atoms with Crippen LogP contribution in [0.1, 0.15) is 15.6 Å². The molecule has 21 heavy (non-hydrogen) atoms. The molecular weight excluding hydrogens is 399 g/mol. The second-order valence-corrected chi connectivity index (χ2v) is 5.59. The number of guanidine groups is 1.